The minimum atomic E-state index is -0.411. The molecule has 0 fully saturated rings. The summed E-state index contributed by atoms with van der Waals surface area (Å²) in [6.45, 7) is 0. The summed E-state index contributed by atoms with van der Waals surface area (Å²) in [5, 5.41) is 4.36. The summed E-state index contributed by atoms with van der Waals surface area (Å²) >= 11 is 5.73. The van der Waals surface area contributed by atoms with E-state index in [-0.39, 0.29) is 5.88 Å². The molecule has 5 heteroatoms. The Labute approximate surface area is 107 Å². The molecule has 0 saturated heterocycles. The summed E-state index contributed by atoms with van der Waals surface area (Å²) in [7, 11) is 0. The third-order valence-corrected chi connectivity index (χ3v) is 3.04. The standard InChI is InChI=1S/C13H9ClN2O2/c14-7-12-10(13(17)18-16-12)6-8-1-2-11-9(5-8)3-4-15-11/h1-6,16H,7H2. The van der Waals surface area contributed by atoms with Crippen LogP contribution in [-0.2, 0) is 5.88 Å². The molecule has 2 heterocycles. The highest BCUT2D eigenvalue weighted by molar-refractivity contribution is 6.17. The zero-order valence-electron chi connectivity index (χ0n) is 9.31. The SMILES string of the molecule is O=c1o[nH]c(CCl)c1C=c1ccc2c(c1)C=CN=2. The van der Waals surface area contributed by atoms with Gasteiger partial charge in [0, 0.05) is 11.8 Å². The van der Waals surface area contributed by atoms with E-state index in [9.17, 15) is 4.79 Å². The Bertz CT molecular complexity index is 799. The first kappa shape index (κ1) is 11.0. The van der Waals surface area contributed by atoms with Crippen LogP contribution < -0.4 is 16.2 Å². The number of alkyl halides is 1. The molecule has 0 unspecified atom stereocenters. The number of rotatable bonds is 2. The first-order chi connectivity index (χ1) is 8.78. The lowest BCUT2D eigenvalue weighted by Crippen LogP contribution is -2.12. The maximum absolute atomic E-state index is 11.5. The van der Waals surface area contributed by atoms with Crippen molar-refractivity contribution >= 4 is 23.8 Å². The highest BCUT2D eigenvalue weighted by Gasteiger charge is 2.08. The molecule has 0 bridgehead atoms. The fourth-order valence-corrected chi connectivity index (χ4v) is 2.06. The van der Waals surface area contributed by atoms with Gasteiger partial charge in [-0.3, -0.25) is 4.99 Å². The highest BCUT2D eigenvalue weighted by atomic mass is 35.5. The number of nitrogens with one attached hydrogen (secondary N) is 1. The second kappa shape index (κ2) is 4.31. The van der Waals surface area contributed by atoms with E-state index in [1.165, 1.54) is 0 Å². The van der Waals surface area contributed by atoms with E-state index >= 15 is 0 Å². The van der Waals surface area contributed by atoms with Gasteiger partial charge >= 0.3 is 5.63 Å². The maximum atomic E-state index is 11.5. The number of halogens is 1. The minimum absolute atomic E-state index is 0.206. The largest absolute Gasteiger partial charge is 0.364 e. The second-order valence-corrected chi connectivity index (χ2v) is 4.19. The number of fused-ring (bicyclic) bond motifs is 1. The van der Waals surface area contributed by atoms with Gasteiger partial charge in [-0.25, -0.2) is 9.95 Å². The molecule has 18 heavy (non-hydrogen) atoms. The topological polar surface area (TPSA) is 58.4 Å². The monoisotopic (exact) mass is 260 g/mol. The summed E-state index contributed by atoms with van der Waals surface area (Å²) in [6.07, 6.45) is 5.44. The Morgan fingerprint density at radius 2 is 2.33 bits per heavy atom. The van der Waals surface area contributed by atoms with Crippen LogP contribution >= 0.6 is 11.6 Å². The lowest BCUT2D eigenvalue weighted by atomic mass is 10.1. The minimum Gasteiger partial charge on any atom is -0.338 e. The molecule has 3 rings (SSSR count). The predicted octanol–water partition coefficient (Wildman–Crippen LogP) is 1.14. The Balaban J connectivity index is 2.18. The van der Waals surface area contributed by atoms with Gasteiger partial charge in [-0.15, -0.1) is 11.6 Å². The molecule has 1 aliphatic rings. The van der Waals surface area contributed by atoms with Crippen LogP contribution in [0.4, 0.5) is 0 Å². The maximum Gasteiger partial charge on any atom is 0.364 e. The highest BCUT2D eigenvalue weighted by Crippen LogP contribution is 2.05. The van der Waals surface area contributed by atoms with Gasteiger partial charge in [0.2, 0.25) is 0 Å². The van der Waals surface area contributed by atoms with Gasteiger partial charge < -0.3 is 4.52 Å². The van der Waals surface area contributed by atoms with Crippen LogP contribution in [-0.4, -0.2) is 5.16 Å². The molecule has 0 amide bonds. The van der Waals surface area contributed by atoms with Crippen LogP contribution in [0.1, 0.15) is 16.8 Å². The van der Waals surface area contributed by atoms with Crippen LogP contribution in [0, 0.1) is 0 Å². The van der Waals surface area contributed by atoms with Crippen LogP contribution in [0.2, 0.25) is 0 Å². The molecule has 2 aromatic rings. The molecule has 4 nitrogen and oxygen atoms in total. The van der Waals surface area contributed by atoms with E-state index < -0.39 is 5.63 Å². The van der Waals surface area contributed by atoms with Crippen molar-refractivity contribution in [3.05, 3.63) is 62.2 Å². The molecular weight excluding hydrogens is 252 g/mol. The first-order valence-corrected chi connectivity index (χ1v) is 5.94. The number of hydrogen-bond donors (Lipinski definition) is 1. The summed E-state index contributed by atoms with van der Waals surface area (Å²) in [5.74, 6) is 0.206. The number of H-pyrrole nitrogens is 1. The van der Waals surface area contributed by atoms with E-state index in [2.05, 4.69) is 10.1 Å². The van der Waals surface area contributed by atoms with Gasteiger partial charge in [0.05, 0.1) is 22.5 Å². The van der Waals surface area contributed by atoms with Crippen molar-refractivity contribution < 1.29 is 4.52 Å². The summed E-state index contributed by atoms with van der Waals surface area (Å²) in [6, 6.07) is 5.78. The van der Waals surface area contributed by atoms with Crippen molar-refractivity contribution in [1.82, 2.24) is 5.16 Å². The zero-order valence-corrected chi connectivity index (χ0v) is 10.1. The van der Waals surface area contributed by atoms with E-state index in [4.69, 9.17) is 16.1 Å². The van der Waals surface area contributed by atoms with Crippen LogP contribution in [0.3, 0.4) is 0 Å². The van der Waals surface area contributed by atoms with E-state index in [1.54, 1.807) is 12.3 Å². The normalized spacial score (nSPS) is 13.7. The molecule has 0 spiro atoms. The van der Waals surface area contributed by atoms with Crippen molar-refractivity contribution in [2.75, 3.05) is 0 Å². The summed E-state index contributed by atoms with van der Waals surface area (Å²) in [4.78, 5) is 15.7. The van der Waals surface area contributed by atoms with E-state index in [0.29, 0.717) is 11.3 Å². The number of benzene rings is 1. The van der Waals surface area contributed by atoms with E-state index in [1.807, 2.05) is 24.3 Å². The lowest BCUT2D eigenvalue weighted by Gasteiger charge is -1.92. The molecule has 90 valence electrons. The molecule has 0 atom stereocenters. The predicted molar refractivity (Wildman–Crippen MR) is 68.7 cm³/mol. The quantitative estimate of drug-likeness (QED) is 0.823. The second-order valence-electron chi connectivity index (χ2n) is 3.92. The van der Waals surface area contributed by atoms with Crippen molar-refractivity contribution in [2.24, 2.45) is 4.99 Å². The Kier molecular flexibility index (Phi) is 2.64. The van der Waals surface area contributed by atoms with Gasteiger partial charge in [-0.05, 0) is 29.5 Å². The Hall–Kier alpha value is -2.07. The van der Waals surface area contributed by atoms with Gasteiger partial charge in [-0.2, -0.15) is 0 Å². The number of aromatic nitrogens is 1. The average Bonchev–Trinajstić information content (AvgIpc) is 2.97. The van der Waals surface area contributed by atoms with Gasteiger partial charge in [0.1, 0.15) is 0 Å². The average molecular weight is 261 g/mol. The van der Waals surface area contributed by atoms with Crippen LogP contribution in [0.15, 0.2) is 38.7 Å². The molecular formula is C13H9ClN2O2. The Morgan fingerprint density at radius 3 is 3.17 bits per heavy atom. The fourth-order valence-electron chi connectivity index (χ4n) is 1.86. The molecule has 1 N–H and O–H groups in total. The number of aromatic amines is 1. The third-order valence-electron chi connectivity index (χ3n) is 2.78. The van der Waals surface area contributed by atoms with Crippen molar-refractivity contribution in [2.45, 2.75) is 5.88 Å². The summed E-state index contributed by atoms with van der Waals surface area (Å²) in [5.41, 5.74) is 1.67. The fraction of sp³-hybridized carbons (Fsp3) is 0.0769. The summed E-state index contributed by atoms with van der Waals surface area (Å²) < 4.78 is 4.72. The molecule has 1 aliphatic heterocycles. The van der Waals surface area contributed by atoms with Crippen molar-refractivity contribution in [1.29, 1.82) is 0 Å². The number of nitrogens with zero attached hydrogens (tertiary/aromatic N) is 1. The van der Waals surface area contributed by atoms with Crippen LogP contribution in [0.25, 0.3) is 12.2 Å². The molecule has 1 aromatic heterocycles. The van der Waals surface area contributed by atoms with Gasteiger partial charge in [-0.1, -0.05) is 6.07 Å². The molecule has 1 aromatic carbocycles. The molecule has 0 saturated carbocycles. The molecule has 0 aliphatic carbocycles. The Morgan fingerprint density at radius 1 is 1.44 bits per heavy atom. The van der Waals surface area contributed by atoms with Gasteiger partial charge in [0.25, 0.3) is 0 Å². The third kappa shape index (κ3) is 1.80. The van der Waals surface area contributed by atoms with Crippen molar-refractivity contribution in [3.8, 4) is 0 Å². The van der Waals surface area contributed by atoms with Crippen LogP contribution in [0.5, 0.6) is 0 Å². The first-order valence-electron chi connectivity index (χ1n) is 5.40. The van der Waals surface area contributed by atoms with Crippen molar-refractivity contribution in [3.63, 3.8) is 0 Å². The molecule has 0 radical (unpaired) electrons. The number of hydrogen-bond acceptors (Lipinski definition) is 3. The van der Waals surface area contributed by atoms with Gasteiger partial charge in [0.15, 0.2) is 0 Å². The van der Waals surface area contributed by atoms with E-state index in [0.717, 1.165) is 16.1 Å². The smallest absolute Gasteiger partial charge is 0.338 e. The zero-order chi connectivity index (χ0) is 12.5. The lowest BCUT2D eigenvalue weighted by molar-refractivity contribution is 0.386.